The number of amides is 1. The second kappa shape index (κ2) is 7.59. The van der Waals surface area contributed by atoms with Crippen LogP contribution in [0.25, 0.3) is 0 Å². The van der Waals surface area contributed by atoms with Gasteiger partial charge < -0.3 is 5.32 Å². The predicted molar refractivity (Wildman–Crippen MR) is 116 cm³/mol. The molecule has 1 atom stereocenters. The summed E-state index contributed by atoms with van der Waals surface area (Å²) in [5, 5.41) is 3.30. The van der Waals surface area contributed by atoms with Crippen LogP contribution >= 0.6 is 0 Å². The van der Waals surface area contributed by atoms with Crippen LogP contribution < -0.4 is 10.2 Å². The van der Waals surface area contributed by atoms with E-state index in [-0.39, 0.29) is 11.7 Å². The van der Waals surface area contributed by atoms with E-state index in [1.807, 2.05) is 60.7 Å². The van der Waals surface area contributed by atoms with Crippen molar-refractivity contribution in [1.82, 2.24) is 5.32 Å². The molecule has 1 amide bonds. The highest BCUT2D eigenvalue weighted by atomic mass is 19.1. The first-order valence-corrected chi connectivity index (χ1v) is 9.96. The summed E-state index contributed by atoms with van der Waals surface area (Å²) in [7, 11) is 0. The van der Waals surface area contributed by atoms with Crippen molar-refractivity contribution in [1.29, 1.82) is 0 Å². The normalized spacial score (nSPS) is 18.6. The van der Waals surface area contributed by atoms with Crippen LogP contribution in [0.4, 0.5) is 10.1 Å². The monoisotopic (exact) mass is 397 g/mol. The average molecular weight is 397 g/mol. The molecule has 0 bridgehead atoms. The molecule has 0 unspecified atom stereocenters. The van der Waals surface area contributed by atoms with Crippen LogP contribution in [0.1, 0.15) is 17.2 Å². The topological polar surface area (TPSA) is 44.7 Å². The summed E-state index contributed by atoms with van der Waals surface area (Å²) in [5.74, 6) is -0.407. The molecule has 0 aliphatic carbocycles. The standard InChI is InChI=1S/C25H20FN3O/c26-19-13-11-18(12-14-19)24-21-22(17-7-3-1-4-8-17)27-15-16-28-23(21)25(30)29(24)20-9-5-2-6-10-20/h1-14,24,28H,15-16H2/t24-/m1/s1. The minimum atomic E-state index is -0.403. The Morgan fingerprint density at radius 1 is 0.900 bits per heavy atom. The number of nitrogens with one attached hydrogen (secondary N) is 1. The van der Waals surface area contributed by atoms with Gasteiger partial charge in [-0.25, -0.2) is 4.39 Å². The zero-order valence-corrected chi connectivity index (χ0v) is 16.3. The maximum absolute atomic E-state index is 13.7. The molecule has 0 fully saturated rings. The quantitative estimate of drug-likeness (QED) is 0.718. The van der Waals surface area contributed by atoms with E-state index < -0.39 is 6.04 Å². The number of para-hydroxylation sites is 1. The molecule has 2 aliphatic rings. The SMILES string of the molecule is O=C1C2=C(C(c3ccccc3)=NCCN2)[C@@H](c2ccc(F)cc2)N1c1ccccc1. The third-order valence-corrected chi connectivity index (χ3v) is 5.44. The van der Waals surface area contributed by atoms with Gasteiger partial charge in [0.25, 0.3) is 5.91 Å². The highest BCUT2D eigenvalue weighted by Gasteiger charge is 2.43. The van der Waals surface area contributed by atoms with Gasteiger partial charge in [0.2, 0.25) is 0 Å². The van der Waals surface area contributed by atoms with Gasteiger partial charge in [-0.2, -0.15) is 0 Å². The Morgan fingerprint density at radius 3 is 2.27 bits per heavy atom. The molecular weight excluding hydrogens is 377 g/mol. The van der Waals surface area contributed by atoms with Crippen molar-refractivity contribution in [3.8, 4) is 0 Å². The molecule has 5 rings (SSSR count). The number of halogens is 1. The summed E-state index contributed by atoms with van der Waals surface area (Å²) in [4.78, 5) is 20.2. The Kier molecular flexibility index (Phi) is 4.64. The number of rotatable bonds is 3. The first-order valence-electron chi connectivity index (χ1n) is 9.96. The van der Waals surface area contributed by atoms with Gasteiger partial charge in [-0.1, -0.05) is 60.7 Å². The second-order valence-corrected chi connectivity index (χ2v) is 7.28. The molecule has 148 valence electrons. The van der Waals surface area contributed by atoms with Crippen LogP contribution in [0, 0.1) is 5.82 Å². The van der Waals surface area contributed by atoms with E-state index in [1.54, 1.807) is 17.0 Å². The van der Waals surface area contributed by atoms with Crippen molar-refractivity contribution >= 4 is 17.3 Å². The molecule has 0 saturated carbocycles. The lowest BCUT2D eigenvalue weighted by molar-refractivity contribution is -0.115. The lowest BCUT2D eigenvalue weighted by Crippen LogP contribution is -2.33. The number of hydrogen-bond acceptors (Lipinski definition) is 3. The van der Waals surface area contributed by atoms with Gasteiger partial charge in [0, 0.05) is 23.4 Å². The van der Waals surface area contributed by atoms with Crippen molar-refractivity contribution in [2.24, 2.45) is 4.99 Å². The molecule has 5 heteroatoms. The van der Waals surface area contributed by atoms with E-state index in [4.69, 9.17) is 4.99 Å². The number of carbonyl (C=O) groups excluding carboxylic acids is 1. The number of aliphatic imine (C=N–C) groups is 1. The van der Waals surface area contributed by atoms with E-state index in [0.29, 0.717) is 18.8 Å². The van der Waals surface area contributed by atoms with Gasteiger partial charge in [0.15, 0.2) is 0 Å². The van der Waals surface area contributed by atoms with E-state index in [1.165, 1.54) is 12.1 Å². The summed E-state index contributed by atoms with van der Waals surface area (Å²) in [6.07, 6.45) is 0. The van der Waals surface area contributed by atoms with Crippen molar-refractivity contribution < 1.29 is 9.18 Å². The number of anilines is 1. The smallest absolute Gasteiger partial charge is 0.275 e. The number of benzene rings is 3. The van der Waals surface area contributed by atoms with Gasteiger partial charge >= 0.3 is 0 Å². The number of hydrogen-bond donors (Lipinski definition) is 1. The molecule has 30 heavy (non-hydrogen) atoms. The predicted octanol–water partition coefficient (Wildman–Crippen LogP) is 4.26. The maximum Gasteiger partial charge on any atom is 0.275 e. The molecule has 1 N–H and O–H groups in total. The summed E-state index contributed by atoms with van der Waals surface area (Å²) in [6, 6.07) is 25.4. The van der Waals surface area contributed by atoms with E-state index in [2.05, 4.69) is 5.32 Å². The lowest BCUT2D eigenvalue weighted by Gasteiger charge is -2.28. The summed E-state index contributed by atoms with van der Waals surface area (Å²) in [6.45, 7) is 1.16. The summed E-state index contributed by atoms with van der Waals surface area (Å²) >= 11 is 0. The fraction of sp³-hybridized carbons (Fsp3) is 0.120. The zero-order chi connectivity index (χ0) is 20.5. The van der Waals surface area contributed by atoms with Crippen LogP contribution in [0.5, 0.6) is 0 Å². The number of nitrogens with zero attached hydrogens (tertiary/aromatic N) is 2. The fourth-order valence-electron chi connectivity index (χ4n) is 4.13. The van der Waals surface area contributed by atoms with E-state index in [0.717, 1.165) is 28.1 Å². The minimum Gasteiger partial charge on any atom is -0.378 e. The van der Waals surface area contributed by atoms with Crippen molar-refractivity contribution in [2.45, 2.75) is 6.04 Å². The third-order valence-electron chi connectivity index (χ3n) is 5.44. The fourth-order valence-corrected chi connectivity index (χ4v) is 4.13. The Labute approximate surface area is 174 Å². The minimum absolute atomic E-state index is 0.101. The van der Waals surface area contributed by atoms with Gasteiger partial charge in [-0.05, 0) is 29.8 Å². The van der Waals surface area contributed by atoms with Crippen molar-refractivity contribution in [3.05, 3.63) is 113 Å². The van der Waals surface area contributed by atoms with E-state index >= 15 is 0 Å². The molecular formula is C25H20FN3O. The highest BCUT2D eigenvalue weighted by molar-refractivity contribution is 6.23. The Morgan fingerprint density at radius 2 is 1.57 bits per heavy atom. The summed E-state index contributed by atoms with van der Waals surface area (Å²) < 4.78 is 13.7. The largest absolute Gasteiger partial charge is 0.378 e. The Hall–Kier alpha value is -3.73. The summed E-state index contributed by atoms with van der Waals surface area (Å²) in [5.41, 5.74) is 4.79. The van der Waals surface area contributed by atoms with Crippen molar-refractivity contribution in [3.63, 3.8) is 0 Å². The highest BCUT2D eigenvalue weighted by Crippen LogP contribution is 2.42. The van der Waals surface area contributed by atoms with Crippen LogP contribution in [0.15, 0.2) is 101 Å². The average Bonchev–Trinajstić information content (AvgIpc) is 2.93. The first-order chi connectivity index (χ1) is 14.7. The first kappa shape index (κ1) is 18.3. The molecule has 0 spiro atoms. The molecule has 2 aliphatic heterocycles. The molecule has 3 aromatic carbocycles. The number of carbonyl (C=O) groups is 1. The van der Waals surface area contributed by atoms with E-state index in [9.17, 15) is 9.18 Å². The lowest BCUT2D eigenvalue weighted by atomic mass is 9.91. The molecule has 0 aromatic heterocycles. The van der Waals surface area contributed by atoms with Crippen LogP contribution in [-0.4, -0.2) is 24.7 Å². The van der Waals surface area contributed by atoms with Gasteiger partial charge in [-0.3, -0.25) is 14.7 Å². The second-order valence-electron chi connectivity index (χ2n) is 7.28. The molecule has 3 aromatic rings. The molecule has 4 nitrogen and oxygen atoms in total. The van der Waals surface area contributed by atoms with Gasteiger partial charge in [0.05, 0.1) is 18.3 Å². The van der Waals surface area contributed by atoms with Crippen LogP contribution in [0.3, 0.4) is 0 Å². The molecule has 0 radical (unpaired) electrons. The van der Waals surface area contributed by atoms with Gasteiger partial charge in [-0.15, -0.1) is 0 Å². The van der Waals surface area contributed by atoms with Gasteiger partial charge in [0.1, 0.15) is 11.5 Å². The Bertz CT molecular complexity index is 1140. The van der Waals surface area contributed by atoms with Crippen LogP contribution in [-0.2, 0) is 4.79 Å². The molecule has 0 saturated heterocycles. The molecule has 2 heterocycles. The maximum atomic E-state index is 13.7. The van der Waals surface area contributed by atoms with Crippen molar-refractivity contribution in [2.75, 3.05) is 18.0 Å². The van der Waals surface area contributed by atoms with Crippen LogP contribution in [0.2, 0.25) is 0 Å². The third kappa shape index (κ3) is 3.08. The zero-order valence-electron chi connectivity index (χ0n) is 16.3. The Balaban J connectivity index is 1.73.